The van der Waals surface area contributed by atoms with Crippen LogP contribution in [-0.2, 0) is 16.6 Å². The summed E-state index contributed by atoms with van der Waals surface area (Å²) in [7, 11) is 0. The molecular weight excluding hydrogens is 308 g/mol. The maximum Gasteiger partial charge on any atom is 0.230 e. The van der Waals surface area contributed by atoms with E-state index in [2.05, 4.69) is 41.8 Å². The Kier molecular flexibility index (Phi) is 8.07. The number of piperidine rings is 1. The van der Waals surface area contributed by atoms with Crippen LogP contribution in [0.15, 0.2) is 24.3 Å². The van der Waals surface area contributed by atoms with E-state index in [1.807, 2.05) is 13.8 Å². The van der Waals surface area contributed by atoms with Crippen LogP contribution in [0.1, 0.15) is 51.2 Å². The summed E-state index contributed by atoms with van der Waals surface area (Å²) in [6.07, 6.45) is 4.64. The lowest BCUT2D eigenvalue weighted by atomic mass is 9.83. The van der Waals surface area contributed by atoms with E-state index < -0.39 is 5.41 Å². The van der Waals surface area contributed by atoms with Gasteiger partial charge in [-0.1, -0.05) is 31.2 Å². The van der Waals surface area contributed by atoms with Crippen molar-refractivity contribution in [2.24, 2.45) is 5.92 Å². The van der Waals surface area contributed by atoms with Gasteiger partial charge in [0.1, 0.15) is 0 Å². The van der Waals surface area contributed by atoms with Gasteiger partial charge in [-0.05, 0) is 69.7 Å². The average molecular weight is 339 g/mol. The molecular formula is C19H31ClN2O. The highest BCUT2D eigenvalue weighted by Crippen LogP contribution is 2.24. The number of rotatable bonds is 6. The highest BCUT2D eigenvalue weighted by molar-refractivity contribution is 5.87. The van der Waals surface area contributed by atoms with Gasteiger partial charge in [0.15, 0.2) is 0 Å². The molecule has 1 aliphatic heterocycles. The Hall–Kier alpha value is -1.06. The van der Waals surface area contributed by atoms with E-state index in [0.717, 1.165) is 38.0 Å². The van der Waals surface area contributed by atoms with Crippen LogP contribution in [-0.4, -0.2) is 25.5 Å². The zero-order valence-corrected chi connectivity index (χ0v) is 15.5. The van der Waals surface area contributed by atoms with Crippen LogP contribution in [0.25, 0.3) is 0 Å². The van der Waals surface area contributed by atoms with Crippen LogP contribution in [0.5, 0.6) is 0 Å². The minimum atomic E-state index is -0.475. The van der Waals surface area contributed by atoms with Crippen LogP contribution in [0.2, 0.25) is 0 Å². The largest absolute Gasteiger partial charge is 0.355 e. The molecule has 1 atom stereocenters. The van der Waals surface area contributed by atoms with E-state index in [0.29, 0.717) is 5.92 Å². The molecule has 1 aliphatic rings. The summed E-state index contributed by atoms with van der Waals surface area (Å²) in [5.41, 5.74) is 1.92. The van der Waals surface area contributed by atoms with Crippen molar-refractivity contribution in [3.8, 4) is 0 Å². The maximum atomic E-state index is 12.5. The molecule has 1 saturated heterocycles. The molecule has 0 bridgehead atoms. The summed E-state index contributed by atoms with van der Waals surface area (Å²) in [5, 5.41) is 6.56. The Morgan fingerprint density at radius 2 is 2.00 bits per heavy atom. The molecule has 0 aliphatic carbocycles. The number of nitrogens with one attached hydrogen (secondary N) is 2. The van der Waals surface area contributed by atoms with Crippen LogP contribution in [0, 0.1) is 5.92 Å². The summed E-state index contributed by atoms with van der Waals surface area (Å²) in [6, 6.07) is 8.42. The number of hydrogen-bond acceptors (Lipinski definition) is 2. The van der Waals surface area contributed by atoms with Crippen molar-refractivity contribution >= 4 is 18.3 Å². The van der Waals surface area contributed by atoms with Gasteiger partial charge in [-0.2, -0.15) is 0 Å². The Morgan fingerprint density at radius 1 is 1.30 bits per heavy atom. The summed E-state index contributed by atoms with van der Waals surface area (Å²) in [6.45, 7) is 9.17. The minimum Gasteiger partial charge on any atom is -0.355 e. The number of carbonyl (C=O) groups excluding carboxylic acids is 1. The van der Waals surface area contributed by atoms with E-state index in [-0.39, 0.29) is 18.3 Å². The molecule has 2 N–H and O–H groups in total. The lowest BCUT2D eigenvalue weighted by molar-refractivity contribution is -0.125. The molecule has 1 unspecified atom stereocenters. The predicted octanol–water partition coefficient (Wildman–Crippen LogP) is 3.45. The molecule has 1 aromatic rings. The number of aryl methyl sites for hydroxylation is 1. The van der Waals surface area contributed by atoms with Gasteiger partial charge >= 0.3 is 0 Å². The zero-order valence-electron chi connectivity index (χ0n) is 14.7. The van der Waals surface area contributed by atoms with Gasteiger partial charge in [-0.25, -0.2) is 0 Å². The molecule has 1 aromatic carbocycles. The minimum absolute atomic E-state index is 0. The van der Waals surface area contributed by atoms with E-state index in [1.54, 1.807) is 0 Å². The first-order valence-corrected chi connectivity index (χ1v) is 8.62. The summed E-state index contributed by atoms with van der Waals surface area (Å²) in [4.78, 5) is 12.5. The Bertz CT molecular complexity index is 479. The summed E-state index contributed by atoms with van der Waals surface area (Å²) < 4.78 is 0. The standard InChI is InChI=1S/C19H30N2O.ClH/c1-4-15-7-9-17(10-8-15)19(2,3)18(22)21-13-11-16-6-5-12-20-14-16;/h7-10,16,20H,4-6,11-14H2,1-3H3,(H,21,22);1H. The number of amides is 1. The third-order valence-electron chi connectivity index (χ3n) is 4.89. The monoisotopic (exact) mass is 338 g/mol. The van der Waals surface area contributed by atoms with Crippen molar-refractivity contribution < 1.29 is 4.79 Å². The molecule has 1 amide bonds. The third kappa shape index (κ3) is 5.50. The van der Waals surface area contributed by atoms with Crippen LogP contribution < -0.4 is 10.6 Å². The van der Waals surface area contributed by atoms with Crippen LogP contribution >= 0.6 is 12.4 Å². The topological polar surface area (TPSA) is 41.1 Å². The molecule has 4 heteroatoms. The van der Waals surface area contributed by atoms with Crippen molar-refractivity contribution in [3.63, 3.8) is 0 Å². The maximum absolute atomic E-state index is 12.5. The van der Waals surface area contributed by atoms with Gasteiger partial charge in [0, 0.05) is 6.54 Å². The van der Waals surface area contributed by atoms with Crippen LogP contribution in [0.3, 0.4) is 0 Å². The first-order valence-electron chi connectivity index (χ1n) is 8.62. The Morgan fingerprint density at radius 3 is 2.57 bits per heavy atom. The van der Waals surface area contributed by atoms with Crippen molar-refractivity contribution in [3.05, 3.63) is 35.4 Å². The van der Waals surface area contributed by atoms with Gasteiger partial charge < -0.3 is 10.6 Å². The lowest BCUT2D eigenvalue weighted by Crippen LogP contribution is -2.41. The van der Waals surface area contributed by atoms with E-state index in [9.17, 15) is 4.79 Å². The zero-order chi connectivity index (χ0) is 16.0. The van der Waals surface area contributed by atoms with Gasteiger partial charge in [0.2, 0.25) is 5.91 Å². The summed E-state index contributed by atoms with van der Waals surface area (Å²) in [5.74, 6) is 0.835. The smallest absolute Gasteiger partial charge is 0.230 e. The molecule has 0 saturated carbocycles. The molecule has 23 heavy (non-hydrogen) atoms. The highest BCUT2D eigenvalue weighted by Gasteiger charge is 2.29. The second-order valence-corrected chi connectivity index (χ2v) is 6.93. The highest BCUT2D eigenvalue weighted by atomic mass is 35.5. The number of hydrogen-bond donors (Lipinski definition) is 2. The van der Waals surface area contributed by atoms with Crippen molar-refractivity contribution in [2.45, 2.75) is 51.9 Å². The Balaban J connectivity index is 0.00000264. The fourth-order valence-corrected chi connectivity index (χ4v) is 3.07. The number of halogens is 1. The first kappa shape index (κ1) is 20.0. The number of carbonyl (C=O) groups is 1. The predicted molar refractivity (Wildman–Crippen MR) is 99.3 cm³/mol. The quantitative estimate of drug-likeness (QED) is 0.834. The van der Waals surface area contributed by atoms with Gasteiger partial charge in [-0.15, -0.1) is 12.4 Å². The van der Waals surface area contributed by atoms with Crippen molar-refractivity contribution in [1.82, 2.24) is 10.6 Å². The first-order chi connectivity index (χ1) is 10.5. The van der Waals surface area contributed by atoms with E-state index in [1.165, 1.54) is 18.4 Å². The van der Waals surface area contributed by atoms with Gasteiger partial charge in [-0.3, -0.25) is 4.79 Å². The fraction of sp³-hybridized carbons (Fsp3) is 0.632. The fourth-order valence-electron chi connectivity index (χ4n) is 3.07. The molecule has 130 valence electrons. The van der Waals surface area contributed by atoms with Gasteiger partial charge in [0.05, 0.1) is 5.41 Å². The third-order valence-corrected chi connectivity index (χ3v) is 4.89. The molecule has 1 heterocycles. The molecule has 2 rings (SSSR count). The normalized spacial score (nSPS) is 18.1. The molecule has 0 spiro atoms. The van der Waals surface area contributed by atoms with Crippen LogP contribution in [0.4, 0.5) is 0 Å². The lowest BCUT2D eigenvalue weighted by Gasteiger charge is -2.26. The SMILES string of the molecule is CCc1ccc(C(C)(C)C(=O)NCCC2CCCNC2)cc1.Cl. The van der Waals surface area contributed by atoms with E-state index >= 15 is 0 Å². The Labute approximate surface area is 147 Å². The molecule has 1 fully saturated rings. The molecule has 0 aromatic heterocycles. The molecule has 3 nitrogen and oxygen atoms in total. The van der Waals surface area contributed by atoms with Gasteiger partial charge in [0.25, 0.3) is 0 Å². The molecule has 0 radical (unpaired) electrons. The van der Waals surface area contributed by atoms with Crippen molar-refractivity contribution in [2.75, 3.05) is 19.6 Å². The second-order valence-electron chi connectivity index (χ2n) is 6.93. The average Bonchev–Trinajstić information content (AvgIpc) is 2.55. The van der Waals surface area contributed by atoms with E-state index in [4.69, 9.17) is 0 Å². The summed E-state index contributed by atoms with van der Waals surface area (Å²) >= 11 is 0. The number of benzene rings is 1. The van der Waals surface area contributed by atoms with Crippen molar-refractivity contribution in [1.29, 1.82) is 0 Å². The second kappa shape index (κ2) is 9.29.